The number of aromatic nitrogens is 2. The Morgan fingerprint density at radius 2 is 2.13 bits per heavy atom. The van der Waals surface area contributed by atoms with Crippen molar-refractivity contribution in [2.45, 2.75) is 31.9 Å². The SMILES string of the molecule is CC1=C(c2nc(-c3cccs3)no2)C(c2ccc(Cl)cc2)NC(=S)N1CC1CCCO1. The highest BCUT2D eigenvalue weighted by atomic mass is 35.5. The summed E-state index contributed by atoms with van der Waals surface area (Å²) in [5.41, 5.74) is 2.92. The van der Waals surface area contributed by atoms with Gasteiger partial charge in [-0.2, -0.15) is 4.98 Å². The molecular weight excluding hydrogens is 452 g/mol. The Kier molecular flexibility index (Phi) is 5.79. The fourth-order valence-corrected chi connectivity index (χ4v) is 5.12. The van der Waals surface area contributed by atoms with Crippen molar-refractivity contribution in [2.75, 3.05) is 13.2 Å². The lowest BCUT2D eigenvalue weighted by molar-refractivity contribution is 0.0962. The summed E-state index contributed by atoms with van der Waals surface area (Å²) in [6.07, 6.45) is 2.27. The van der Waals surface area contributed by atoms with Crippen LogP contribution in [0.4, 0.5) is 0 Å². The van der Waals surface area contributed by atoms with Gasteiger partial charge in [-0.3, -0.25) is 0 Å². The van der Waals surface area contributed by atoms with E-state index >= 15 is 0 Å². The summed E-state index contributed by atoms with van der Waals surface area (Å²) in [7, 11) is 0. The zero-order chi connectivity index (χ0) is 21.4. The summed E-state index contributed by atoms with van der Waals surface area (Å²) in [4.78, 5) is 7.77. The number of thiophene rings is 1. The van der Waals surface area contributed by atoms with Crippen LogP contribution in [0, 0.1) is 0 Å². The van der Waals surface area contributed by atoms with E-state index in [1.165, 1.54) is 0 Å². The molecule has 2 atom stereocenters. The van der Waals surface area contributed by atoms with Gasteiger partial charge in [-0.25, -0.2) is 0 Å². The molecule has 0 amide bonds. The maximum absolute atomic E-state index is 6.12. The number of hydrogen-bond donors (Lipinski definition) is 1. The van der Waals surface area contributed by atoms with E-state index in [-0.39, 0.29) is 12.1 Å². The molecular formula is C22H21ClN4O2S2. The summed E-state index contributed by atoms with van der Waals surface area (Å²) in [6.45, 7) is 3.55. The molecule has 2 aliphatic rings. The van der Waals surface area contributed by atoms with Gasteiger partial charge in [0.2, 0.25) is 5.82 Å². The number of allylic oxidation sites excluding steroid dienone is 1. The van der Waals surface area contributed by atoms with Crippen LogP contribution in [-0.4, -0.2) is 39.4 Å². The quantitative estimate of drug-likeness (QED) is 0.506. The van der Waals surface area contributed by atoms with Gasteiger partial charge < -0.3 is 19.5 Å². The topological polar surface area (TPSA) is 63.4 Å². The van der Waals surface area contributed by atoms with Gasteiger partial charge in [-0.1, -0.05) is 35.0 Å². The highest BCUT2D eigenvalue weighted by Crippen LogP contribution is 2.38. The maximum atomic E-state index is 6.12. The van der Waals surface area contributed by atoms with Gasteiger partial charge in [-0.05, 0) is 61.1 Å². The monoisotopic (exact) mass is 472 g/mol. The second kappa shape index (κ2) is 8.70. The van der Waals surface area contributed by atoms with Crippen LogP contribution in [0.15, 0.2) is 52.0 Å². The molecule has 1 saturated heterocycles. The van der Waals surface area contributed by atoms with Crippen LogP contribution < -0.4 is 5.32 Å². The Balaban J connectivity index is 1.57. The average molecular weight is 473 g/mol. The third kappa shape index (κ3) is 4.13. The molecule has 0 saturated carbocycles. The lowest BCUT2D eigenvalue weighted by atomic mass is 9.94. The number of nitrogens with one attached hydrogen (secondary N) is 1. The molecule has 1 aromatic carbocycles. The van der Waals surface area contributed by atoms with E-state index in [9.17, 15) is 0 Å². The molecule has 4 heterocycles. The van der Waals surface area contributed by atoms with Gasteiger partial charge in [0.25, 0.3) is 5.89 Å². The first kappa shape index (κ1) is 20.6. The Bertz CT molecular complexity index is 1110. The Morgan fingerprint density at radius 1 is 1.29 bits per heavy atom. The zero-order valence-corrected chi connectivity index (χ0v) is 19.3. The van der Waals surface area contributed by atoms with E-state index in [0.717, 1.165) is 41.2 Å². The standard InChI is InChI=1S/C22H21ClN4O2S2/c1-13-18(21-25-20(26-29-21)17-5-3-11-31-17)19(14-6-8-15(23)9-7-14)24-22(30)27(13)12-16-4-2-10-28-16/h3,5-9,11,16,19H,2,4,10,12H2,1H3,(H,24,30). The van der Waals surface area contributed by atoms with Gasteiger partial charge in [0, 0.05) is 17.3 Å². The molecule has 9 heteroatoms. The molecule has 0 bridgehead atoms. The van der Waals surface area contributed by atoms with Crippen molar-refractivity contribution in [1.82, 2.24) is 20.4 Å². The molecule has 160 valence electrons. The molecule has 1 fully saturated rings. The molecule has 31 heavy (non-hydrogen) atoms. The number of ether oxygens (including phenoxy) is 1. The molecule has 0 aliphatic carbocycles. The van der Waals surface area contributed by atoms with Crippen molar-refractivity contribution in [3.63, 3.8) is 0 Å². The number of rotatable bonds is 5. The van der Waals surface area contributed by atoms with Gasteiger partial charge in [-0.15, -0.1) is 11.3 Å². The highest BCUT2D eigenvalue weighted by Gasteiger charge is 2.35. The predicted molar refractivity (Wildman–Crippen MR) is 126 cm³/mol. The van der Waals surface area contributed by atoms with E-state index in [1.807, 2.05) is 41.8 Å². The minimum absolute atomic E-state index is 0.160. The van der Waals surface area contributed by atoms with Crippen LogP contribution in [0.5, 0.6) is 0 Å². The molecule has 3 aromatic rings. The van der Waals surface area contributed by atoms with Crippen molar-refractivity contribution in [2.24, 2.45) is 0 Å². The molecule has 0 radical (unpaired) electrons. The molecule has 6 nitrogen and oxygen atoms in total. The summed E-state index contributed by atoms with van der Waals surface area (Å²) in [5.74, 6) is 1.06. The smallest absolute Gasteiger partial charge is 0.258 e. The number of halogens is 1. The third-order valence-corrected chi connectivity index (χ3v) is 7.06. The fourth-order valence-electron chi connectivity index (χ4n) is 4.01. The van der Waals surface area contributed by atoms with Crippen molar-refractivity contribution < 1.29 is 9.26 Å². The van der Waals surface area contributed by atoms with Crippen LogP contribution in [0.25, 0.3) is 16.3 Å². The van der Waals surface area contributed by atoms with E-state index in [0.29, 0.717) is 28.4 Å². The van der Waals surface area contributed by atoms with Crippen LogP contribution in [-0.2, 0) is 4.74 Å². The van der Waals surface area contributed by atoms with Crippen molar-refractivity contribution in [1.29, 1.82) is 0 Å². The molecule has 2 aromatic heterocycles. The number of hydrogen-bond acceptors (Lipinski definition) is 6. The van der Waals surface area contributed by atoms with Gasteiger partial charge in [0.15, 0.2) is 5.11 Å². The molecule has 2 aliphatic heterocycles. The number of nitrogens with zero attached hydrogens (tertiary/aromatic N) is 3. The summed E-state index contributed by atoms with van der Waals surface area (Å²) in [6, 6.07) is 11.5. The van der Waals surface area contributed by atoms with Crippen molar-refractivity contribution in [3.05, 3.63) is 64.0 Å². The van der Waals surface area contributed by atoms with Gasteiger partial charge in [0.1, 0.15) is 0 Å². The first-order chi connectivity index (χ1) is 15.1. The van der Waals surface area contributed by atoms with E-state index in [1.54, 1.807) is 11.3 Å². The second-order valence-corrected chi connectivity index (χ2v) is 9.35. The van der Waals surface area contributed by atoms with E-state index in [4.69, 9.17) is 38.1 Å². The average Bonchev–Trinajstić information content (AvgIpc) is 3.54. The first-order valence-corrected chi connectivity index (χ1v) is 11.8. The summed E-state index contributed by atoms with van der Waals surface area (Å²) >= 11 is 13.4. The molecule has 5 rings (SSSR count). The van der Waals surface area contributed by atoms with Crippen molar-refractivity contribution in [3.8, 4) is 10.7 Å². The van der Waals surface area contributed by atoms with Gasteiger partial charge >= 0.3 is 0 Å². The Labute approximate surface area is 194 Å². The van der Waals surface area contributed by atoms with E-state index in [2.05, 4.69) is 22.3 Å². The van der Waals surface area contributed by atoms with Crippen LogP contribution in [0.1, 0.15) is 37.3 Å². The van der Waals surface area contributed by atoms with Crippen LogP contribution in [0.3, 0.4) is 0 Å². The Hall–Kier alpha value is -2.26. The van der Waals surface area contributed by atoms with Crippen molar-refractivity contribution >= 4 is 45.8 Å². The Morgan fingerprint density at radius 3 is 2.84 bits per heavy atom. The number of benzene rings is 1. The second-order valence-electron chi connectivity index (χ2n) is 7.58. The fraction of sp³-hybridized carbons (Fsp3) is 0.318. The lowest BCUT2D eigenvalue weighted by Gasteiger charge is -2.38. The molecule has 0 spiro atoms. The van der Waals surface area contributed by atoms with Crippen LogP contribution >= 0.6 is 35.2 Å². The predicted octanol–water partition coefficient (Wildman–Crippen LogP) is 5.29. The largest absolute Gasteiger partial charge is 0.376 e. The summed E-state index contributed by atoms with van der Waals surface area (Å²) < 4.78 is 11.6. The third-order valence-electron chi connectivity index (χ3n) is 5.61. The lowest BCUT2D eigenvalue weighted by Crippen LogP contribution is -2.48. The molecule has 2 unspecified atom stereocenters. The van der Waals surface area contributed by atoms with Crippen LogP contribution in [0.2, 0.25) is 5.02 Å². The minimum atomic E-state index is -0.220. The zero-order valence-electron chi connectivity index (χ0n) is 16.9. The van der Waals surface area contributed by atoms with Gasteiger partial charge in [0.05, 0.1) is 29.1 Å². The van der Waals surface area contributed by atoms with E-state index < -0.39 is 0 Å². The highest BCUT2D eigenvalue weighted by molar-refractivity contribution is 7.80. The molecule has 1 N–H and O–H groups in total. The normalized spacial score (nSPS) is 21.6. The summed E-state index contributed by atoms with van der Waals surface area (Å²) in [5, 5.41) is 11.0. The first-order valence-electron chi connectivity index (χ1n) is 10.1. The minimum Gasteiger partial charge on any atom is -0.376 e. The maximum Gasteiger partial charge on any atom is 0.258 e. The number of thiocarbonyl (C=S) groups is 1.